The van der Waals surface area contributed by atoms with Crippen molar-refractivity contribution in [1.82, 2.24) is 0 Å². The maximum absolute atomic E-state index is 11.4. The first kappa shape index (κ1) is 11.5. The van der Waals surface area contributed by atoms with Gasteiger partial charge in [-0.2, -0.15) is 0 Å². The van der Waals surface area contributed by atoms with E-state index in [1.54, 1.807) is 30.3 Å². The molecule has 2 aromatic rings. The van der Waals surface area contributed by atoms with Crippen molar-refractivity contribution < 1.29 is 9.53 Å². The molecule has 2 aromatic carbocycles. The third kappa shape index (κ3) is 2.26. The third-order valence-electron chi connectivity index (χ3n) is 2.24. The molecule has 0 atom stereocenters. The lowest BCUT2D eigenvalue weighted by atomic mass is 10.1. The average molecular weight is 251 g/mol. The number of esters is 1. The molecule has 0 fully saturated rings. The molecular formula is C12H7ClO4. The molecule has 0 aliphatic carbocycles. The number of hydrogen-bond acceptors (Lipinski definition) is 4. The SMILES string of the molecule is O=C(Cc1c(Cl)c(=O)c1=O)Oc1ccccc1. The number of carbonyl (C=O) groups is 1. The summed E-state index contributed by atoms with van der Waals surface area (Å²) in [5, 5.41) is -0.167. The predicted molar refractivity (Wildman–Crippen MR) is 62.1 cm³/mol. The van der Waals surface area contributed by atoms with Crippen LogP contribution in [0.2, 0.25) is 5.02 Å². The van der Waals surface area contributed by atoms with Crippen LogP contribution < -0.4 is 15.6 Å². The Morgan fingerprint density at radius 2 is 1.76 bits per heavy atom. The fourth-order valence-corrected chi connectivity index (χ4v) is 1.61. The van der Waals surface area contributed by atoms with Crippen molar-refractivity contribution in [3.63, 3.8) is 0 Å². The Morgan fingerprint density at radius 1 is 1.12 bits per heavy atom. The summed E-state index contributed by atoms with van der Waals surface area (Å²) in [4.78, 5) is 33.3. The molecule has 0 aliphatic rings. The third-order valence-corrected chi connectivity index (χ3v) is 2.64. The molecule has 0 saturated heterocycles. The van der Waals surface area contributed by atoms with Gasteiger partial charge in [-0.1, -0.05) is 29.8 Å². The van der Waals surface area contributed by atoms with Crippen molar-refractivity contribution in [3.8, 4) is 5.75 Å². The Balaban J connectivity index is 2.05. The Bertz CT molecular complexity index is 624. The van der Waals surface area contributed by atoms with Gasteiger partial charge in [-0.25, -0.2) is 0 Å². The number of rotatable bonds is 3. The Kier molecular flexibility index (Phi) is 3.06. The van der Waals surface area contributed by atoms with Crippen molar-refractivity contribution in [2.75, 3.05) is 0 Å². The number of carbonyl (C=O) groups excluding carboxylic acids is 1. The van der Waals surface area contributed by atoms with E-state index in [0.29, 0.717) is 5.75 Å². The Hall–Kier alpha value is -1.94. The van der Waals surface area contributed by atoms with Crippen molar-refractivity contribution in [1.29, 1.82) is 0 Å². The van der Waals surface area contributed by atoms with Crippen molar-refractivity contribution in [2.24, 2.45) is 0 Å². The van der Waals surface area contributed by atoms with E-state index in [4.69, 9.17) is 16.3 Å². The van der Waals surface area contributed by atoms with E-state index in [-0.39, 0.29) is 17.0 Å². The fourth-order valence-electron chi connectivity index (χ4n) is 1.37. The minimum atomic E-state index is -0.742. The Labute approximate surface area is 101 Å². The van der Waals surface area contributed by atoms with Gasteiger partial charge in [-0.15, -0.1) is 0 Å². The largest absolute Gasteiger partial charge is 0.426 e. The molecule has 0 heterocycles. The van der Waals surface area contributed by atoms with Gasteiger partial charge in [0, 0.05) is 5.56 Å². The first-order chi connectivity index (χ1) is 8.09. The topological polar surface area (TPSA) is 60.4 Å². The van der Waals surface area contributed by atoms with E-state index in [1.807, 2.05) is 0 Å². The van der Waals surface area contributed by atoms with Crippen LogP contribution in [0, 0.1) is 0 Å². The van der Waals surface area contributed by atoms with E-state index in [1.165, 1.54) is 0 Å². The van der Waals surface area contributed by atoms with E-state index < -0.39 is 16.8 Å². The molecule has 0 spiro atoms. The highest BCUT2D eigenvalue weighted by molar-refractivity contribution is 6.32. The van der Waals surface area contributed by atoms with Gasteiger partial charge in [0.15, 0.2) is 0 Å². The monoisotopic (exact) mass is 250 g/mol. The lowest BCUT2D eigenvalue weighted by molar-refractivity contribution is -0.133. The van der Waals surface area contributed by atoms with Gasteiger partial charge < -0.3 is 4.74 Å². The van der Waals surface area contributed by atoms with Crippen LogP contribution in [0.25, 0.3) is 0 Å². The van der Waals surface area contributed by atoms with Gasteiger partial charge in [0.25, 0.3) is 0 Å². The average Bonchev–Trinajstić information content (AvgIpc) is 2.36. The summed E-state index contributed by atoms with van der Waals surface area (Å²) in [7, 11) is 0. The number of benzene rings is 1. The summed E-state index contributed by atoms with van der Waals surface area (Å²) in [6.07, 6.45) is -0.279. The molecule has 86 valence electrons. The van der Waals surface area contributed by atoms with Gasteiger partial charge in [0.1, 0.15) is 5.75 Å². The second-order valence-corrected chi connectivity index (χ2v) is 3.79. The minimum absolute atomic E-state index is 0.0256. The molecule has 0 aromatic heterocycles. The zero-order valence-electron chi connectivity index (χ0n) is 8.60. The van der Waals surface area contributed by atoms with Gasteiger partial charge in [-0.05, 0) is 12.1 Å². The summed E-state index contributed by atoms with van der Waals surface area (Å²) in [6, 6.07) is 8.44. The van der Waals surface area contributed by atoms with Gasteiger partial charge >= 0.3 is 5.97 Å². The quantitative estimate of drug-likeness (QED) is 0.465. The van der Waals surface area contributed by atoms with Gasteiger partial charge in [0.05, 0.1) is 11.4 Å². The number of ether oxygens (including phenoxy) is 1. The summed E-state index contributed by atoms with van der Waals surface area (Å²) >= 11 is 5.51. The standard InChI is InChI=1S/C12H7ClO4/c13-10-8(11(15)12(10)16)6-9(14)17-7-4-2-1-3-5-7/h1-5H,6H2. The van der Waals surface area contributed by atoms with Crippen LogP contribution in [0.15, 0.2) is 39.9 Å². The van der Waals surface area contributed by atoms with Crippen LogP contribution in [-0.4, -0.2) is 5.97 Å². The highest BCUT2D eigenvalue weighted by Crippen LogP contribution is 2.12. The second kappa shape index (κ2) is 4.51. The maximum Gasteiger partial charge on any atom is 0.315 e. The van der Waals surface area contributed by atoms with Crippen molar-refractivity contribution >= 4 is 17.6 Å². The van der Waals surface area contributed by atoms with Crippen LogP contribution in [-0.2, 0) is 11.2 Å². The van der Waals surface area contributed by atoms with Crippen LogP contribution in [0.3, 0.4) is 0 Å². The highest BCUT2D eigenvalue weighted by atomic mass is 35.5. The zero-order chi connectivity index (χ0) is 12.4. The molecule has 0 aliphatic heterocycles. The Morgan fingerprint density at radius 3 is 2.35 bits per heavy atom. The molecule has 0 N–H and O–H groups in total. The first-order valence-corrected chi connectivity index (χ1v) is 5.21. The molecule has 0 saturated carbocycles. The molecule has 0 radical (unpaired) electrons. The van der Waals surface area contributed by atoms with Gasteiger partial charge in [0.2, 0.25) is 10.9 Å². The number of para-hydroxylation sites is 1. The molecule has 2 rings (SSSR count). The number of halogens is 1. The molecular weight excluding hydrogens is 244 g/mol. The predicted octanol–water partition coefficient (Wildman–Crippen LogP) is 1.08. The van der Waals surface area contributed by atoms with E-state index >= 15 is 0 Å². The zero-order valence-corrected chi connectivity index (χ0v) is 9.36. The van der Waals surface area contributed by atoms with Crippen molar-refractivity contribution in [3.05, 3.63) is 61.4 Å². The lowest BCUT2D eigenvalue weighted by Crippen LogP contribution is -2.37. The van der Waals surface area contributed by atoms with Crippen molar-refractivity contribution in [2.45, 2.75) is 6.42 Å². The highest BCUT2D eigenvalue weighted by Gasteiger charge is 2.21. The van der Waals surface area contributed by atoms with E-state index in [2.05, 4.69) is 0 Å². The van der Waals surface area contributed by atoms with Crippen LogP contribution >= 0.6 is 11.6 Å². The van der Waals surface area contributed by atoms with Crippen LogP contribution in [0.1, 0.15) is 5.56 Å². The molecule has 5 heteroatoms. The lowest BCUT2D eigenvalue weighted by Gasteiger charge is -2.05. The summed E-state index contributed by atoms with van der Waals surface area (Å²) in [5.41, 5.74) is -1.42. The van der Waals surface area contributed by atoms with E-state index in [9.17, 15) is 14.4 Å². The number of hydrogen-bond donors (Lipinski definition) is 0. The maximum atomic E-state index is 11.4. The summed E-state index contributed by atoms with van der Waals surface area (Å²) in [6.45, 7) is 0. The second-order valence-electron chi connectivity index (χ2n) is 3.41. The normalized spacial score (nSPS) is 10.4. The molecule has 0 amide bonds. The minimum Gasteiger partial charge on any atom is -0.426 e. The molecule has 17 heavy (non-hydrogen) atoms. The smallest absolute Gasteiger partial charge is 0.315 e. The van der Waals surface area contributed by atoms with Crippen LogP contribution in [0.4, 0.5) is 0 Å². The molecule has 0 unspecified atom stereocenters. The molecule has 4 nitrogen and oxygen atoms in total. The summed E-state index contributed by atoms with van der Waals surface area (Å²) in [5.74, 6) is -0.238. The van der Waals surface area contributed by atoms with Crippen LogP contribution in [0.5, 0.6) is 5.75 Å². The van der Waals surface area contributed by atoms with Gasteiger partial charge in [-0.3, -0.25) is 14.4 Å². The molecule has 0 bridgehead atoms. The van der Waals surface area contributed by atoms with E-state index in [0.717, 1.165) is 0 Å². The summed E-state index contributed by atoms with van der Waals surface area (Å²) < 4.78 is 4.96. The first-order valence-electron chi connectivity index (χ1n) is 4.83. The fraction of sp³-hybridized carbons (Fsp3) is 0.0833.